The fourth-order valence-electron chi connectivity index (χ4n) is 3.46. The van der Waals surface area contributed by atoms with Crippen molar-refractivity contribution in [2.24, 2.45) is 5.92 Å². The number of nitrogens with one attached hydrogen (secondary N) is 2. The summed E-state index contributed by atoms with van der Waals surface area (Å²) in [5, 5.41) is 5.82. The van der Waals surface area contributed by atoms with Gasteiger partial charge in [-0.25, -0.2) is 0 Å². The first-order chi connectivity index (χ1) is 9.23. The molecule has 0 spiro atoms. The zero-order chi connectivity index (χ0) is 13.3. The molecule has 0 radical (unpaired) electrons. The molecular formula is C15H18N2O2. The van der Waals surface area contributed by atoms with Crippen LogP contribution in [-0.4, -0.2) is 24.9 Å². The number of carbonyl (C=O) groups excluding carboxylic acids is 2. The predicted molar refractivity (Wildman–Crippen MR) is 71.5 cm³/mol. The van der Waals surface area contributed by atoms with Gasteiger partial charge in [0.1, 0.15) is 0 Å². The van der Waals surface area contributed by atoms with Crippen LogP contribution in [0.25, 0.3) is 0 Å². The molecular weight excluding hydrogens is 240 g/mol. The highest BCUT2D eigenvalue weighted by Gasteiger charge is 2.52. The van der Waals surface area contributed by atoms with E-state index in [1.54, 1.807) is 0 Å². The van der Waals surface area contributed by atoms with Crippen LogP contribution in [0.15, 0.2) is 30.3 Å². The van der Waals surface area contributed by atoms with Gasteiger partial charge < -0.3 is 5.32 Å². The molecule has 3 rings (SSSR count). The third kappa shape index (κ3) is 1.96. The third-order valence-corrected chi connectivity index (χ3v) is 4.42. The van der Waals surface area contributed by atoms with E-state index in [4.69, 9.17) is 0 Å². The molecule has 4 nitrogen and oxygen atoms in total. The molecule has 0 aliphatic carbocycles. The molecule has 2 N–H and O–H groups in total. The van der Waals surface area contributed by atoms with Gasteiger partial charge >= 0.3 is 0 Å². The highest BCUT2D eigenvalue weighted by molar-refractivity contribution is 6.09. The fourth-order valence-corrected chi connectivity index (χ4v) is 3.46. The van der Waals surface area contributed by atoms with Crippen LogP contribution in [0.4, 0.5) is 0 Å². The summed E-state index contributed by atoms with van der Waals surface area (Å²) in [6.07, 6.45) is 2.17. The molecule has 2 amide bonds. The van der Waals surface area contributed by atoms with E-state index in [2.05, 4.69) is 10.6 Å². The quantitative estimate of drug-likeness (QED) is 0.777. The lowest BCUT2D eigenvalue weighted by Crippen LogP contribution is -2.46. The van der Waals surface area contributed by atoms with Crippen LogP contribution in [0.1, 0.15) is 24.8 Å². The minimum atomic E-state index is -0.652. The molecule has 2 aliphatic rings. The first-order valence-corrected chi connectivity index (χ1v) is 6.84. The largest absolute Gasteiger partial charge is 0.317 e. The van der Waals surface area contributed by atoms with E-state index in [0.29, 0.717) is 6.42 Å². The zero-order valence-electron chi connectivity index (χ0n) is 10.8. The molecule has 2 aliphatic heterocycles. The molecule has 100 valence electrons. The Bertz CT molecular complexity index is 494. The lowest BCUT2D eigenvalue weighted by molar-refractivity contribution is -0.127. The lowest BCUT2D eigenvalue weighted by atomic mass is 9.66. The summed E-state index contributed by atoms with van der Waals surface area (Å²) in [5.41, 5.74) is 0.325. The molecule has 2 saturated heterocycles. The number of piperidine rings is 1. The Labute approximate surface area is 112 Å². The Morgan fingerprint density at radius 3 is 2.32 bits per heavy atom. The van der Waals surface area contributed by atoms with Crippen LogP contribution in [0, 0.1) is 5.92 Å². The maximum absolute atomic E-state index is 12.5. The summed E-state index contributed by atoms with van der Waals surface area (Å²) in [6.45, 7) is 1.83. The van der Waals surface area contributed by atoms with Crippen LogP contribution < -0.4 is 10.6 Å². The zero-order valence-corrected chi connectivity index (χ0v) is 10.8. The predicted octanol–water partition coefficient (Wildman–Crippen LogP) is 0.970. The van der Waals surface area contributed by atoms with E-state index < -0.39 is 5.41 Å². The second-order valence-corrected chi connectivity index (χ2v) is 5.42. The number of carbonyl (C=O) groups is 2. The summed E-state index contributed by atoms with van der Waals surface area (Å²) in [5.74, 6) is -0.0226. The van der Waals surface area contributed by atoms with E-state index in [0.717, 1.165) is 31.5 Å². The number of rotatable bonds is 2. The van der Waals surface area contributed by atoms with Crippen LogP contribution in [0.2, 0.25) is 0 Å². The summed E-state index contributed by atoms with van der Waals surface area (Å²) in [7, 11) is 0. The molecule has 0 saturated carbocycles. The highest BCUT2D eigenvalue weighted by Crippen LogP contribution is 2.43. The van der Waals surface area contributed by atoms with Gasteiger partial charge in [-0.15, -0.1) is 0 Å². The van der Waals surface area contributed by atoms with Crippen LogP contribution in [0.3, 0.4) is 0 Å². The Morgan fingerprint density at radius 1 is 1.05 bits per heavy atom. The van der Waals surface area contributed by atoms with Crippen molar-refractivity contribution >= 4 is 11.8 Å². The van der Waals surface area contributed by atoms with Crippen LogP contribution in [-0.2, 0) is 15.0 Å². The Hall–Kier alpha value is -1.68. The third-order valence-electron chi connectivity index (χ3n) is 4.42. The van der Waals surface area contributed by atoms with Gasteiger partial charge in [0.2, 0.25) is 11.8 Å². The second-order valence-electron chi connectivity index (χ2n) is 5.42. The Kier molecular flexibility index (Phi) is 3.11. The molecule has 0 aromatic heterocycles. The smallest absolute Gasteiger partial charge is 0.238 e. The van der Waals surface area contributed by atoms with Crippen molar-refractivity contribution in [3.8, 4) is 0 Å². The SMILES string of the molecule is O=C1CC(c2ccccc2)(C2CCNCC2)C(=O)N1. The van der Waals surface area contributed by atoms with Gasteiger partial charge in [0.05, 0.1) is 5.41 Å². The molecule has 0 bridgehead atoms. The molecule has 2 heterocycles. The number of amides is 2. The van der Waals surface area contributed by atoms with Gasteiger partial charge in [-0.3, -0.25) is 14.9 Å². The molecule has 1 atom stereocenters. The van der Waals surface area contributed by atoms with Gasteiger partial charge in [0, 0.05) is 6.42 Å². The van der Waals surface area contributed by atoms with E-state index in [1.807, 2.05) is 30.3 Å². The van der Waals surface area contributed by atoms with Gasteiger partial charge in [0.25, 0.3) is 0 Å². The molecule has 2 fully saturated rings. The Morgan fingerprint density at radius 2 is 1.74 bits per heavy atom. The van der Waals surface area contributed by atoms with Crippen molar-refractivity contribution in [3.63, 3.8) is 0 Å². The first-order valence-electron chi connectivity index (χ1n) is 6.84. The molecule has 4 heteroatoms. The number of hydrogen-bond acceptors (Lipinski definition) is 3. The molecule has 19 heavy (non-hydrogen) atoms. The maximum Gasteiger partial charge on any atom is 0.238 e. The van der Waals surface area contributed by atoms with E-state index >= 15 is 0 Å². The number of hydrogen-bond donors (Lipinski definition) is 2. The van der Waals surface area contributed by atoms with Crippen molar-refractivity contribution in [3.05, 3.63) is 35.9 Å². The standard InChI is InChI=1S/C15H18N2O2/c18-13-10-15(14(19)17-13,11-4-2-1-3-5-11)12-6-8-16-9-7-12/h1-5,12,16H,6-10H2,(H,17,18,19). The van der Waals surface area contributed by atoms with Crippen molar-refractivity contribution in [2.45, 2.75) is 24.7 Å². The van der Waals surface area contributed by atoms with E-state index in [1.165, 1.54) is 0 Å². The fraction of sp³-hybridized carbons (Fsp3) is 0.467. The van der Waals surface area contributed by atoms with Gasteiger partial charge in [-0.05, 0) is 37.4 Å². The minimum Gasteiger partial charge on any atom is -0.317 e. The molecule has 1 aromatic carbocycles. The molecule has 1 unspecified atom stereocenters. The van der Waals surface area contributed by atoms with Crippen LogP contribution >= 0.6 is 0 Å². The first kappa shape index (κ1) is 12.4. The van der Waals surface area contributed by atoms with Crippen molar-refractivity contribution in [1.29, 1.82) is 0 Å². The summed E-state index contributed by atoms with van der Waals surface area (Å²) < 4.78 is 0. The summed E-state index contributed by atoms with van der Waals surface area (Å²) >= 11 is 0. The summed E-state index contributed by atoms with van der Waals surface area (Å²) in [4.78, 5) is 24.2. The van der Waals surface area contributed by atoms with Crippen molar-refractivity contribution in [2.75, 3.05) is 13.1 Å². The van der Waals surface area contributed by atoms with Gasteiger partial charge in [-0.2, -0.15) is 0 Å². The van der Waals surface area contributed by atoms with Gasteiger partial charge in [-0.1, -0.05) is 30.3 Å². The normalized spacial score (nSPS) is 28.4. The van der Waals surface area contributed by atoms with E-state index in [-0.39, 0.29) is 17.7 Å². The minimum absolute atomic E-state index is 0.115. The number of imide groups is 1. The second kappa shape index (κ2) is 4.78. The van der Waals surface area contributed by atoms with Gasteiger partial charge in [0.15, 0.2) is 0 Å². The summed E-state index contributed by atoms with van der Waals surface area (Å²) in [6, 6.07) is 9.76. The van der Waals surface area contributed by atoms with Crippen molar-refractivity contribution in [1.82, 2.24) is 10.6 Å². The van der Waals surface area contributed by atoms with Crippen LogP contribution in [0.5, 0.6) is 0 Å². The topological polar surface area (TPSA) is 58.2 Å². The monoisotopic (exact) mass is 258 g/mol. The average molecular weight is 258 g/mol. The lowest BCUT2D eigenvalue weighted by Gasteiger charge is -2.37. The van der Waals surface area contributed by atoms with Crippen molar-refractivity contribution < 1.29 is 9.59 Å². The van der Waals surface area contributed by atoms with E-state index in [9.17, 15) is 9.59 Å². The Balaban J connectivity index is 2.05. The number of benzene rings is 1. The molecule has 1 aromatic rings. The highest BCUT2D eigenvalue weighted by atomic mass is 16.2. The maximum atomic E-state index is 12.5. The average Bonchev–Trinajstić information content (AvgIpc) is 2.76.